The quantitative estimate of drug-likeness (QED) is 0.243. The SMILES string of the molecule is CC1=C(O)C(C(C)(C)C)=CC(C)C1Cn1c(=O)n(Cc2c(C)cc(C(C)(C)C)c(O)c2C)c(=O)n(Cc2c(C)cc(C(C)(C)C)c(O)c2C)c1=O. The van der Waals surface area contributed by atoms with Crippen LogP contribution in [0.25, 0.3) is 0 Å². The molecule has 0 bridgehead atoms. The van der Waals surface area contributed by atoms with E-state index in [4.69, 9.17) is 0 Å². The molecule has 1 aliphatic rings. The third-order valence-corrected chi connectivity index (χ3v) is 10.9. The summed E-state index contributed by atoms with van der Waals surface area (Å²) in [4.78, 5) is 43.2. The van der Waals surface area contributed by atoms with Crippen molar-refractivity contribution in [1.82, 2.24) is 13.7 Å². The number of phenols is 2. The highest BCUT2D eigenvalue weighted by molar-refractivity contribution is 5.52. The number of aliphatic hydroxyl groups excluding tert-OH is 1. The van der Waals surface area contributed by atoms with Gasteiger partial charge >= 0.3 is 17.1 Å². The van der Waals surface area contributed by atoms with Gasteiger partial charge in [-0.1, -0.05) is 87.4 Å². The van der Waals surface area contributed by atoms with Crippen LogP contribution >= 0.6 is 0 Å². The Balaban J connectivity index is 2.00. The standard InChI is InChI=1S/C42H59N3O6/c1-22-16-31(40(7,8)9)34(46)25(4)28(22)19-43-37(49)44(20-29-23(2)17-32(41(10,11)12)35(47)26(29)5)39(51)45(38(43)50)21-30-24(3)18-33(42(13,14)15)36(48)27(30)6/h16-18,22,28,46-48H,19-21H2,1-15H3. The minimum atomic E-state index is -0.778. The molecule has 1 aromatic heterocycles. The number of aromatic hydroxyl groups is 2. The fourth-order valence-electron chi connectivity index (χ4n) is 7.43. The topological polar surface area (TPSA) is 127 Å². The largest absolute Gasteiger partial charge is 0.508 e. The van der Waals surface area contributed by atoms with Gasteiger partial charge in [0.25, 0.3) is 0 Å². The van der Waals surface area contributed by atoms with Gasteiger partial charge in [-0.25, -0.2) is 28.1 Å². The lowest BCUT2D eigenvalue weighted by Gasteiger charge is -2.34. The Kier molecular flexibility index (Phi) is 10.4. The Labute approximate surface area is 302 Å². The van der Waals surface area contributed by atoms with Crippen LogP contribution in [0.5, 0.6) is 11.5 Å². The summed E-state index contributed by atoms with van der Waals surface area (Å²) in [7, 11) is 0. The molecule has 0 fully saturated rings. The maximum Gasteiger partial charge on any atom is 0.336 e. The first-order valence-corrected chi connectivity index (χ1v) is 17.9. The van der Waals surface area contributed by atoms with E-state index in [-0.39, 0.29) is 59.1 Å². The van der Waals surface area contributed by atoms with E-state index in [1.807, 2.05) is 108 Å². The van der Waals surface area contributed by atoms with E-state index in [2.05, 4.69) is 0 Å². The lowest BCUT2D eigenvalue weighted by atomic mass is 9.73. The summed E-state index contributed by atoms with van der Waals surface area (Å²) < 4.78 is 3.25. The minimum absolute atomic E-state index is 0.0543. The molecule has 9 nitrogen and oxygen atoms in total. The molecule has 0 radical (unpaired) electrons. The summed E-state index contributed by atoms with van der Waals surface area (Å²) in [5.74, 6) is -0.127. The molecule has 1 aliphatic carbocycles. The van der Waals surface area contributed by atoms with E-state index in [9.17, 15) is 29.7 Å². The number of aliphatic hydroxyl groups is 1. The first-order valence-electron chi connectivity index (χ1n) is 17.9. The normalized spacial score (nSPS) is 17.3. The third kappa shape index (κ3) is 7.26. The summed E-state index contributed by atoms with van der Waals surface area (Å²) in [5, 5.41) is 33.8. The zero-order valence-corrected chi connectivity index (χ0v) is 33.4. The average Bonchev–Trinajstić information content (AvgIpc) is 2.99. The van der Waals surface area contributed by atoms with Crippen molar-refractivity contribution in [2.24, 2.45) is 17.3 Å². The number of benzene rings is 2. The van der Waals surface area contributed by atoms with Crippen molar-refractivity contribution >= 4 is 0 Å². The van der Waals surface area contributed by atoms with Gasteiger partial charge in [0, 0.05) is 12.5 Å². The zero-order chi connectivity index (χ0) is 38.9. The number of hydrogen-bond acceptors (Lipinski definition) is 6. The van der Waals surface area contributed by atoms with Gasteiger partial charge in [-0.05, 0) is 112 Å². The Bertz CT molecular complexity index is 2020. The molecule has 4 rings (SSSR count). The molecule has 2 atom stereocenters. The molecule has 0 saturated carbocycles. The fraction of sp³-hybridized carbons (Fsp3) is 0.548. The molecule has 278 valence electrons. The average molecular weight is 702 g/mol. The van der Waals surface area contributed by atoms with E-state index >= 15 is 0 Å². The van der Waals surface area contributed by atoms with Gasteiger partial charge in [0.05, 0.1) is 13.1 Å². The van der Waals surface area contributed by atoms with Crippen molar-refractivity contribution in [1.29, 1.82) is 0 Å². The van der Waals surface area contributed by atoms with Gasteiger partial charge in [0.1, 0.15) is 17.3 Å². The molecule has 2 unspecified atom stereocenters. The molecular formula is C42H59N3O6. The molecule has 51 heavy (non-hydrogen) atoms. The molecule has 0 amide bonds. The van der Waals surface area contributed by atoms with Gasteiger partial charge in [-0.3, -0.25) is 0 Å². The predicted molar refractivity (Wildman–Crippen MR) is 206 cm³/mol. The number of aryl methyl sites for hydroxylation is 2. The predicted octanol–water partition coefficient (Wildman–Crippen LogP) is 7.58. The van der Waals surface area contributed by atoms with E-state index in [0.717, 1.165) is 41.5 Å². The van der Waals surface area contributed by atoms with Crippen LogP contribution in [0, 0.1) is 44.9 Å². The molecule has 3 aromatic rings. The Morgan fingerprint density at radius 3 is 1.33 bits per heavy atom. The third-order valence-electron chi connectivity index (χ3n) is 10.9. The van der Waals surface area contributed by atoms with Gasteiger partial charge in [-0.15, -0.1) is 0 Å². The number of allylic oxidation sites excluding steroid dienone is 3. The first kappa shape index (κ1) is 39.5. The van der Waals surface area contributed by atoms with Crippen LogP contribution in [-0.4, -0.2) is 29.0 Å². The van der Waals surface area contributed by atoms with Gasteiger partial charge in [0.2, 0.25) is 0 Å². The summed E-state index contributed by atoms with van der Waals surface area (Å²) in [5.41, 5.74) is 3.71. The highest BCUT2D eigenvalue weighted by Gasteiger charge is 2.34. The van der Waals surface area contributed by atoms with Crippen molar-refractivity contribution in [3.63, 3.8) is 0 Å². The lowest BCUT2D eigenvalue weighted by Crippen LogP contribution is -2.55. The molecule has 2 aromatic carbocycles. The minimum Gasteiger partial charge on any atom is -0.508 e. The number of nitrogens with zero attached hydrogens (tertiary/aromatic N) is 3. The molecular weight excluding hydrogens is 642 g/mol. The summed E-state index contributed by atoms with van der Waals surface area (Å²) in [6, 6.07) is 3.78. The van der Waals surface area contributed by atoms with Crippen LogP contribution < -0.4 is 17.1 Å². The van der Waals surface area contributed by atoms with E-state index in [0.29, 0.717) is 27.8 Å². The van der Waals surface area contributed by atoms with Crippen LogP contribution in [0.4, 0.5) is 0 Å². The highest BCUT2D eigenvalue weighted by atomic mass is 16.3. The van der Waals surface area contributed by atoms with Crippen molar-refractivity contribution in [3.8, 4) is 11.5 Å². The summed E-state index contributed by atoms with van der Waals surface area (Å²) in [6.07, 6.45) is 2.01. The van der Waals surface area contributed by atoms with Crippen molar-refractivity contribution in [3.05, 3.63) is 111 Å². The Hall–Kier alpha value is -4.27. The number of hydrogen-bond donors (Lipinski definition) is 3. The molecule has 9 heteroatoms. The highest BCUT2D eigenvalue weighted by Crippen LogP contribution is 2.41. The number of rotatable bonds is 6. The number of aromatic nitrogens is 3. The van der Waals surface area contributed by atoms with Crippen molar-refractivity contribution in [2.75, 3.05) is 0 Å². The fourth-order valence-corrected chi connectivity index (χ4v) is 7.43. The molecule has 0 saturated heterocycles. The van der Waals surface area contributed by atoms with E-state index < -0.39 is 23.0 Å². The maximum atomic E-state index is 14.4. The number of phenolic OH excluding ortho intramolecular Hbond substituents is 2. The van der Waals surface area contributed by atoms with Crippen molar-refractivity contribution in [2.45, 2.75) is 134 Å². The second-order valence-corrected chi connectivity index (χ2v) is 17.8. The van der Waals surface area contributed by atoms with Crippen LogP contribution in [0.15, 0.2) is 49.5 Å². The van der Waals surface area contributed by atoms with Gasteiger partial charge in [-0.2, -0.15) is 0 Å². The van der Waals surface area contributed by atoms with Crippen LogP contribution in [0.3, 0.4) is 0 Å². The molecule has 0 spiro atoms. The maximum absolute atomic E-state index is 14.4. The second-order valence-electron chi connectivity index (χ2n) is 17.8. The summed E-state index contributed by atoms with van der Waals surface area (Å²) >= 11 is 0. The molecule has 0 aliphatic heterocycles. The van der Waals surface area contributed by atoms with Crippen LogP contribution in [0.1, 0.15) is 121 Å². The Morgan fingerprint density at radius 2 is 0.980 bits per heavy atom. The monoisotopic (exact) mass is 701 g/mol. The smallest absolute Gasteiger partial charge is 0.336 e. The second kappa shape index (κ2) is 13.4. The molecule has 3 N–H and O–H groups in total. The van der Waals surface area contributed by atoms with E-state index in [1.165, 1.54) is 0 Å². The van der Waals surface area contributed by atoms with Gasteiger partial charge < -0.3 is 15.3 Å². The van der Waals surface area contributed by atoms with Crippen LogP contribution in [0.2, 0.25) is 0 Å². The lowest BCUT2D eigenvalue weighted by molar-refractivity contribution is 0.310. The molecule has 1 heterocycles. The van der Waals surface area contributed by atoms with Crippen molar-refractivity contribution < 1.29 is 15.3 Å². The Morgan fingerprint density at radius 1 is 0.608 bits per heavy atom. The van der Waals surface area contributed by atoms with E-state index in [1.54, 1.807) is 13.8 Å². The van der Waals surface area contributed by atoms with Crippen LogP contribution in [-0.2, 0) is 30.5 Å². The van der Waals surface area contributed by atoms with Gasteiger partial charge in [0.15, 0.2) is 0 Å². The first-order chi connectivity index (χ1) is 23.2. The summed E-state index contributed by atoms with van der Waals surface area (Å²) in [6.45, 7) is 28.9. The zero-order valence-electron chi connectivity index (χ0n) is 33.4.